The van der Waals surface area contributed by atoms with Crippen molar-refractivity contribution in [1.29, 1.82) is 0 Å². The van der Waals surface area contributed by atoms with Crippen molar-refractivity contribution in [3.8, 4) is 0 Å². The second kappa shape index (κ2) is 5.65. The van der Waals surface area contributed by atoms with Gasteiger partial charge >= 0.3 is 5.97 Å². The van der Waals surface area contributed by atoms with Gasteiger partial charge in [0.15, 0.2) is 0 Å². The highest BCUT2D eigenvalue weighted by atomic mass is 35.5. The second-order valence-electron chi connectivity index (χ2n) is 5.42. The predicted octanol–water partition coefficient (Wildman–Crippen LogP) is 2.56. The molecule has 0 aliphatic carbocycles. The summed E-state index contributed by atoms with van der Waals surface area (Å²) in [5.41, 5.74) is -0.574. The van der Waals surface area contributed by atoms with Crippen molar-refractivity contribution in [2.45, 2.75) is 33.7 Å². The van der Waals surface area contributed by atoms with Gasteiger partial charge in [-0.2, -0.15) is 0 Å². The van der Waals surface area contributed by atoms with Crippen molar-refractivity contribution in [1.82, 2.24) is 9.88 Å². The third-order valence-electron chi connectivity index (χ3n) is 2.87. The zero-order valence-electron chi connectivity index (χ0n) is 11.5. The van der Waals surface area contributed by atoms with Gasteiger partial charge in [-0.3, -0.25) is 9.59 Å². The number of carbonyl (C=O) groups excluding carboxylic acids is 1. The molecule has 0 aromatic carbocycles. The molecule has 0 fully saturated rings. The number of hydrogen-bond acceptors (Lipinski definition) is 2. The van der Waals surface area contributed by atoms with Crippen LogP contribution < -0.4 is 5.32 Å². The highest BCUT2D eigenvalue weighted by Crippen LogP contribution is 2.19. The van der Waals surface area contributed by atoms with Gasteiger partial charge in [0, 0.05) is 18.8 Å². The van der Waals surface area contributed by atoms with Crippen LogP contribution in [-0.4, -0.2) is 28.1 Å². The van der Waals surface area contributed by atoms with Crippen LogP contribution in [-0.2, 0) is 4.79 Å². The molecule has 1 heterocycles. The minimum Gasteiger partial charge on any atom is -0.481 e. The summed E-state index contributed by atoms with van der Waals surface area (Å²) >= 11 is 5.90. The van der Waals surface area contributed by atoms with Crippen LogP contribution in [0.1, 0.15) is 44.2 Å². The van der Waals surface area contributed by atoms with Crippen LogP contribution in [0.25, 0.3) is 0 Å². The largest absolute Gasteiger partial charge is 0.481 e. The number of carboxylic acids is 1. The number of hydrogen-bond donors (Lipinski definition) is 2. The molecule has 0 aliphatic heterocycles. The molecule has 0 aliphatic rings. The number of amides is 1. The fourth-order valence-electron chi connectivity index (χ4n) is 1.52. The molecule has 0 radical (unpaired) electrons. The number of aliphatic carboxylic acids is 1. The van der Waals surface area contributed by atoms with Gasteiger partial charge in [-0.1, -0.05) is 11.6 Å². The second-order valence-corrected chi connectivity index (χ2v) is 5.85. The van der Waals surface area contributed by atoms with E-state index in [-0.39, 0.29) is 18.5 Å². The smallest absolute Gasteiger partial charge is 0.310 e. The normalized spacial score (nSPS) is 11.7. The van der Waals surface area contributed by atoms with Crippen LogP contribution in [0.3, 0.4) is 0 Å². The van der Waals surface area contributed by atoms with Crippen molar-refractivity contribution in [2.24, 2.45) is 5.41 Å². The Morgan fingerprint density at radius 1 is 1.47 bits per heavy atom. The van der Waals surface area contributed by atoms with Crippen molar-refractivity contribution < 1.29 is 14.7 Å². The number of nitrogens with zero attached hydrogens (tertiary/aromatic N) is 1. The summed E-state index contributed by atoms with van der Waals surface area (Å²) in [5, 5.41) is 12.1. The number of aromatic nitrogens is 1. The van der Waals surface area contributed by atoms with E-state index >= 15 is 0 Å². The lowest BCUT2D eigenvalue weighted by atomic mass is 9.94. The van der Waals surface area contributed by atoms with E-state index in [1.54, 1.807) is 30.7 Å². The number of rotatable bonds is 5. The van der Waals surface area contributed by atoms with Gasteiger partial charge in [-0.15, -0.1) is 0 Å². The minimum atomic E-state index is -1.01. The number of halogens is 1. The van der Waals surface area contributed by atoms with Crippen LogP contribution in [0.15, 0.2) is 12.3 Å². The zero-order chi connectivity index (χ0) is 14.8. The Balaban J connectivity index is 2.82. The molecule has 1 aromatic heterocycles. The number of nitrogens with one attached hydrogen (secondary N) is 1. The molecule has 1 aromatic rings. The SMILES string of the molecule is CC(C)n1cc(Cl)cc1C(=O)NCC(C)(C)C(=O)O. The highest BCUT2D eigenvalue weighted by Gasteiger charge is 2.28. The van der Waals surface area contributed by atoms with E-state index < -0.39 is 11.4 Å². The molecular formula is C13H19ClN2O3. The van der Waals surface area contributed by atoms with Crippen molar-refractivity contribution in [3.05, 3.63) is 23.0 Å². The first kappa shape index (κ1) is 15.6. The van der Waals surface area contributed by atoms with E-state index in [1.165, 1.54) is 0 Å². The lowest BCUT2D eigenvalue weighted by Gasteiger charge is -2.20. The Hall–Kier alpha value is -1.49. The molecule has 1 amide bonds. The van der Waals surface area contributed by atoms with E-state index in [1.807, 2.05) is 13.8 Å². The van der Waals surface area contributed by atoms with Crippen LogP contribution in [0.5, 0.6) is 0 Å². The quantitative estimate of drug-likeness (QED) is 0.874. The summed E-state index contributed by atoms with van der Waals surface area (Å²) in [7, 11) is 0. The van der Waals surface area contributed by atoms with E-state index in [4.69, 9.17) is 16.7 Å². The van der Waals surface area contributed by atoms with Crippen molar-refractivity contribution >= 4 is 23.5 Å². The molecule has 0 saturated heterocycles. The molecule has 1 rings (SSSR count). The molecule has 5 nitrogen and oxygen atoms in total. The molecule has 106 valence electrons. The van der Waals surface area contributed by atoms with E-state index in [2.05, 4.69) is 5.32 Å². The Morgan fingerprint density at radius 3 is 2.53 bits per heavy atom. The van der Waals surface area contributed by atoms with Gasteiger partial charge in [-0.05, 0) is 33.8 Å². The van der Waals surface area contributed by atoms with Gasteiger partial charge in [0.1, 0.15) is 5.69 Å². The predicted molar refractivity (Wildman–Crippen MR) is 73.6 cm³/mol. The molecule has 0 saturated carbocycles. The van der Waals surface area contributed by atoms with Crippen molar-refractivity contribution in [3.63, 3.8) is 0 Å². The molecule has 2 N–H and O–H groups in total. The maximum Gasteiger partial charge on any atom is 0.310 e. The monoisotopic (exact) mass is 286 g/mol. The van der Waals surface area contributed by atoms with Crippen LogP contribution in [0.4, 0.5) is 0 Å². The third kappa shape index (κ3) is 3.73. The highest BCUT2D eigenvalue weighted by molar-refractivity contribution is 6.31. The minimum absolute atomic E-state index is 0.0576. The first-order valence-corrected chi connectivity index (χ1v) is 6.42. The molecule has 0 spiro atoms. The van der Waals surface area contributed by atoms with E-state index in [9.17, 15) is 9.59 Å². The molecular weight excluding hydrogens is 268 g/mol. The van der Waals surface area contributed by atoms with E-state index in [0.29, 0.717) is 10.7 Å². The first-order chi connectivity index (χ1) is 8.65. The summed E-state index contributed by atoms with van der Waals surface area (Å²) < 4.78 is 1.76. The standard InChI is InChI=1S/C13H19ClN2O3/c1-8(2)16-6-9(14)5-10(16)11(17)15-7-13(3,4)12(18)19/h5-6,8H,7H2,1-4H3,(H,15,17)(H,18,19). The molecule has 19 heavy (non-hydrogen) atoms. The molecule has 0 bridgehead atoms. The Labute approximate surface area is 117 Å². The molecule has 6 heteroatoms. The van der Waals surface area contributed by atoms with Gasteiger partial charge in [0.05, 0.1) is 10.4 Å². The average molecular weight is 287 g/mol. The van der Waals surface area contributed by atoms with Gasteiger partial charge < -0.3 is 15.0 Å². The number of carbonyl (C=O) groups is 2. The topological polar surface area (TPSA) is 71.3 Å². The summed E-state index contributed by atoms with van der Waals surface area (Å²) in [4.78, 5) is 23.0. The lowest BCUT2D eigenvalue weighted by molar-refractivity contribution is -0.146. The van der Waals surface area contributed by atoms with E-state index in [0.717, 1.165) is 0 Å². The maximum atomic E-state index is 12.1. The summed E-state index contributed by atoms with van der Waals surface area (Å²) in [6.45, 7) is 7.05. The number of carboxylic acid groups (broad SMARTS) is 1. The average Bonchev–Trinajstić information content (AvgIpc) is 2.68. The van der Waals surface area contributed by atoms with Crippen LogP contribution in [0, 0.1) is 5.41 Å². The van der Waals surface area contributed by atoms with Crippen molar-refractivity contribution in [2.75, 3.05) is 6.54 Å². The van der Waals surface area contributed by atoms with Gasteiger partial charge in [0.25, 0.3) is 5.91 Å². The summed E-state index contributed by atoms with van der Waals surface area (Å²) in [6.07, 6.45) is 1.68. The molecule has 0 unspecified atom stereocenters. The Bertz CT molecular complexity index is 492. The fraction of sp³-hybridized carbons (Fsp3) is 0.538. The van der Waals surface area contributed by atoms with Crippen LogP contribution >= 0.6 is 11.6 Å². The summed E-state index contributed by atoms with van der Waals surface area (Å²) in [5.74, 6) is -1.28. The molecule has 0 atom stereocenters. The Morgan fingerprint density at radius 2 is 2.05 bits per heavy atom. The zero-order valence-corrected chi connectivity index (χ0v) is 12.3. The lowest BCUT2D eigenvalue weighted by Crippen LogP contribution is -2.39. The third-order valence-corrected chi connectivity index (χ3v) is 3.08. The Kier molecular flexibility index (Phi) is 4.63. The first-order valence-electron chi connectivity index (χ1n) is 6.04. The van der Waals surface area contributed by atoms with Gasteiger partial charge in [-0.25, -0.2) is 0 Å². The van der Waals surface area contributed by atoms with Crippen LogP contribution in [0.2, 0.25) is 5.02 Å². The van der Waals surface area contributed by atoms with Gasteiger partial charge in [0.2, 0.25) is 0 Å². The fourth-order valence-corrected chi connectivity index (χ4v) is 1.73. The maximum absolute atomic E-state index is 12.1. The summed E-state index contributed by atoms with van der Waals surface area (Å²) in [6, 6.07) is 1.67.